The molecule has 0 fully saturated rings. The predicted molar refractivity (Wildman–Crippen MR) is 67.9 cm³/mol. The van der Waals surface area contributed by atoms with Crippen molar-refractivity contribution in [3.8, 4) is 5.75 Å². The van der Waals surface area contributed by atoms with E-state index in [9.17, 15) is 0 Å². The van der Waals surface area contributed by atoms with Crippen LogP contribution in [0.2, 0.25) is 5.02 Å². The summed E-state index contributed by atoms with van der Waals surface area (Å²) in [6.07, 6.45) is 0.704. The molecule has 0 saturated heterocycles. The van der Waals surface area contributed by atoms with E-state index < -0.39 is 0 Å². The molecule has 2 unspecified atom stereocenters. The van der Waals surface area contributed by atoms with Gasteiger partial charge in [-0.2, -0.15) is 0 Å². The van der Waals surface area contributed by atoms with Crippen molar-refractivity contribution >= 4 is 11.6 Å². The first kappa shape index (κ1) is 13.3. The van der Waals surface area contributed by atoms with Crippen molar-refractivity contribution < 1.29 is 4.74 Å². The maximum atomic E-state index is 6.08. The summed E-state index contributed by atoms with van der Waals surface area (Å²) in [7, 11) is 1.63. The summed E-state index contributed by atoms with van der Waals surface area (Å²) in [4.78, 5) is 0. The van der Waals surface area contributed by atoms with Crippen LogP contribution >= 0.6 is 11.6 Å². The highest BCUT2D eigenvalue weighted by molar-refractivity contribution is 6.31. The Labute approximate surface area is 102 Å². The predicted octanol–water partition coefficient (Wildman–Crippen LogP) is 2.39. The van der Waals surface area contributed by atoms with E-state index in [4.69, 9.17) is 27.8 Å². The summed E-state index contributed by atoms with van der Waals surface area (Å²) in [6.45, 7) is 3.87. The van der Waals surface area contributed by atoms with Crippen molar-refractivity contribution in [3.05, 3.63) is 28.3 Å². The van der Waals surface area contributed by atoms with Gasteiger partial charge in [0, 0.05) is 22.7 Å². The lowest BCUT2D eigenvalue weighted by atomic mass is 9.99. The zero-order chi connectivity index (χ0) is 12.3. The standard InChI is InChI=1S/C12H19ClN2O/c1-7-4-12(16-3)9(6-10(7)13)11(15)5-8(2)14/h4,6,8,11H,5,14-15H2,1-3H3. The quantitative estimate of drug-likeness (QED) is 0.852. The van der Waals surface area contributed by atoms with Crippen LogP contribution in [0.5, 0.6) is 5.75 Å². The second-order valence-corrected chi connectivity index (χ2v) is 4.57. The Bertz CT molecular complexity index is 366. The number of rotatable bonds is 4. The average Bonchev–Trinajstić information content (AvgIpc) is 2.20. The Morgan fingerprint density at radius 3 is 2.50 bits per heavy atom. The lowest BCUT2D eigenvalue weighted by molar-refractivity contribution is 0.402. The normalized spacial score (nSPS) is 14.6. The molecule has 3 nitrogen and oxygen atoms in total. The molecule has 0 radical (unpaired) electrons. The zero-order valence-electron chi connectivity index (χ0n) is 9.96. The van der Waals surface area contributed by atoms with Crippen molar-refractivity contribution in [3.63, 3.8) is 0 Å². The lowest BCUT2D eigenvalue weighted by Gasteiger charge is -2.18. The fourth-order valence-electron chi connectivity index (χ4n) is 1.66. The van der Waals surface area contributed by atoms with E-state index in [1.165, 1.54) is 0 Å². The van der Waals surface area contributed by atoms with Gasteiger partial charge in [0.2, 0.25) is 0 Å². The van der Waals surface area contributed by atoms with Crippen LogP contribution in [-0.2, 0) is 0 Å². The molecule has 0 heterocycles. The zero-order valence-corrected chi connectivity index (χ0v) is 10.7. The third kappa shape index (κ3) is 3.11. The number of hydrogen-bond acceptors (Lipinski definition) is 3. The molecule has 16 heavy (non-hydrogen) atoms. The molecule has 0 aliphatic heterocycles. The summed E-state index contributed by atoms with van der Waals surface area (Å²) < 4.78 is 5.30. The molecule has 0 bridgehead atoms. The molecule has 1 aromatic rings. The first-order chi connectivity index (χ1) is 7.45. The third-order valence-corrected chi connectivity index (χ3v) is 2.94. The molecule has 0 amide bonds. The maximum absolute atomic E-state index is 6.08. The first-order valence-electron chi connectivity index (χ1n) is 5.31. The summed E-state index contributed by atoms with van der Waals surface area (Å²) in [5, 5.41) is 0.705. The molecule has 4 heteroatoms. The monoisotopic (exact) mass is 242 g/mol. The van der Waals surface area contributed by atoms with Crippen LogP contribution in [-0.4, -0.2) is 13.2 Å². The summed E-state index contributed by atoms with van der Waals surface area (Å²) in [5.41, 5.74) is 13.7. The van der Waals surface area contributed by atoms with Gasteiger partial charge in [0.25, 0.3) is 0 Å². The number of ether oxygens (including phenoxy) is 1. The van der Waals surface area contributed by atoms with Crippen LogP contribution in [0.15, 0.2) is 12.1 Å². The summed E-state index contributed by atoms with van der Waals surface area (Å²) >= 11 is 6.08. The van der Waals surface area contributed by atoms with Crippen LogP contribution in [0.4, 0.5) is 0 Å². The smallest absolute Gasteiger partial charge is 0.123 e. The van der Waals surface area contributed by atoms with Gasteiger partial charge in [-0.05, 0) is 38.0 Å². The largest absolute Gasteiger partial charge is 0.496 e. The molecule has 2 atom stereocenters. The third-order valence-electron chi connectivity index (χ3n) is 2.54. The second-order valence-electron chi connectivity index (χ2n) is 4.16. The molecule has 0 spiro atoms. The Morgan fingerprint density at radius 2 is 2.00 bits per heavy atom. The van der Waals surface area contributed by atoms with E-state index in [1.54, 1.807) is 7.11 Å². The highest BCUT2D eigenvalue weighted by Gasteiger charge is 2.15. The number of halogens is 1. The molecule has 1 rings (SSSR count). The Hall–Kier alpha value is -0.770. The molecule has 1 aromatic carbocycles. The SMILES string of the molecule is COc1cc(C)c(Cl)cc1C(N)CC(C)N. The topological polar surface area (TPSA) is 61.3 Å². The maximum Gasteiger partial charge on any atom is 0.123 e. The number of nitrogens with two attached hydrogens (primary N) is 2. The van der Waals surface area contributed by atoms with Crippen molar-refractivity contribution in [1.29, 1.82) is 0 Å². The fraction of sp³-hybridized carbons (Fsp3) is 0.500. The molecule has 4 N–H and O–H groups in total. The molecular formula is C12H19ClN2O. The Kier molecular flexibility index (Phi) is 4.59. The van der Waals surface area contributed by atoms with E-state index in [-0.39, 0.29) is 12.1 Å². The molecule has 0 aliphatic rings. The van der Waals surface area contributed by atoms with E-state index in [1.807, 2.05) is 26.0 Å². The van der Waals surface area contributed by atoms with Crippen LogP contribution in [0, 0.1) is 6.92 Å². The van der Waals surface area contributed by atoms with Gasteiger partial charge in [-0.25, -0.2) is 0 Å². The van der Waals surface area contributed by atoms with E-state index in [0.29, 0.717) is 11.4 Å². The highest BCUT2D eigenvalue weighted by atomic mass is 35.5. The molecule has 90 valence electrons. The van der Waals surface area contributed by atoms with Gasteiger partial charge in [0.15, 0.2) is 0 Å². The minimum absolute atomic E-state index is 0.0554. The van der Waals surface area contributed by atoms with Crippen molar-refractivity contribution in [2.24, 2.45) is 11.5 Å². The number of aryl methyl sites for hydroxylation is 1. The molecule has 0 saturated carbocycles. The summed E-state index contributed by atoms with van der Waals surface area (Å²) in [6, 6.07) is 3.68. The van der Waals surface area contributed by atoms with Crippen molar-refractivity contribution in [2.75, 3.05) is 7.11 Å². The lowest BCUT2D eigenvalue weighted by Crippen LogP contribution is -2.23. The first-order valence-corrected chi connectivity index (χ1v) is 5.68. The minimum atomic E-state index is -0.145. The molecule has 0 aromatic heterocycles. The van der Waals surface area contributed by atoms with Gasteiger partial charge in [0.05, 0.1) is 7.11 Å². The number of methoxy groups -OCH3 is 1. The van der Waals surface area contributed by atoms with Gasteiger partial charge in [-0.15, -0.1) is 0 Å². The van der Waals surface area contributed by atoms with E-state index in [0.717, 1.165) is 16.9 Å². The average molecular weight is 243 g/mol. The van der Waals surface area contributed by atoms with Crippen LogP contribution in [0.25, 0.3) is 0 Å². The van der Waals surface area contributed by atoms with E-state index in [2.05, 4.69) is 0 Å². The van der Waals surface area contributed by atoms with Gasteiger partial charge in [0.1, 0.15) is 5.75 Å². The molecule has 0 aliphatic carbocycles. The van der Waals surface area contributed by atoms with Gasteiger partial charge in [-0.1, -0.05) is 11.6 Å². The Morgan fingerprint density at radius 1 is 1.38 bits per heavy atom. The number of benzene rings is 1. The van der Waals surface area contributed by atoms with Crippen LogP contribution in [0.3, 0.4) is 0 Å². The van der Waals surface area contributed by atoms with Gasteiger partial charge in [-0.3, -0.25) is 0 Å². The van der Waals surface area contributed by atoms with Gasteiger partial charge >= 0.3 is 0 Å². The van der Waals surface area contributed by atoms with Crippen LogP contribution < -0.4 is 16.2 Å². The van der Waals surface area contributed by atoms with Gasteiger partial charge < -0.3 is 16.2 Å². The second kappa shape index (κ2) is 5.53. The fourth-order valence-corrected chi connectivity index (χ4v) is 1.84. The Balaban J connectivity index is 3.06. The van der Waals surface area contributed by atoms with Crippen LogP contribution in [0.1, 0.15) is 30.5 Å². The molecular weight excluding hydrogens is 224 g/mol. The van der Waals surface area contributed by atoms with Crippen molar-refractivity contribution in [2.45, 2.75) is 32.4 Å². The highest BCUT2D eigenvalue weighted by Crippen LogP contribution is 2.31. The van der Waals surface area contributed by atoms with Crippen molar-refractivity contribution in [1.82, 2.24) is 0 Å². The summed E-state index contributed by atoms with van der Waals surface area (Å²) in [5.74, 6) is 0.773. The number of hydrogen-bond donors (Lipinski definition) is 2. The minimum Gasteiger partial charge on any atom is -0.496 e. The van der Waals surface area contributed by atoms with E-state index >= 15 is 0 Å².